The predicted octanol–water partition coefficient (Wildman–Crippen LogP) is 3.10. The van der Waals surface area contributed by atoms with Gasteiger partial charge in [0.05, 0.1) is 6.61 Å². The van der Waals surface area contributed by atoms with Gasteiger partial charge in [-0.2, -0.15) is 4.98 Å². The maximum atomic E-state index is 13.2. The Bertz CT molecular complexity index is 721. The lowest BCUT2D eigenvalue weighted by molar-refractivity contribution is 0.311. The molecule has 0 saturated heterocycles. The fraction of sp³-hybridized carbons (Fsp3) is 0.375. The fourth-order valence-electron chi connectivity index (χ4n) is 2.93. The van der Waals surface area contributed by atoms with Gasteiger partial charge in [-0.15, -0.1) is 0 Å². The zero-order valence-corrected chi connectivity index (χ0v) is 13.7. The van der Waals surface area contributed by atoms with E-state index in [1.807, 2.05) is 4.90 Å². The van der Waals surface area contributed by atoms with Gasteiger partial charge in [0.15, 0.2) is 0 Å². The molecule has 0 amide bonds. The van der Waals surface area contributed by atoms with E-state index in [0.717, 1.165) is 11.3 Å². The molecule has 0 fully saturated rings. The highest BCUT2D eigenvalue weighted by atomic mass is 35.5. The van der Waals surface area contributed by atoms with Crippen molar-refractivity contribution in [2.75, 3.05) is 29.9 Å². The quantitative estimate of drug-likeness (QED) is 0.840. The molecule has 0 bridgehead atoms. The average Bonchev–Trinajstić information content (AvgIpc) is 2.77. The molecular weight excluding hydrogens is 319 g/mol. The standard InChI is InChI=1S/C16H18ClFN4O/c1-16(2)9-22(11-5-3-10(18)4-6-11)14-12(16)13(19-7-8-23)20-15(17)21-14/h3-6,23H,7-9H2,1-2H3,(H,19,20,21). The highest BCUT2D eigenvalue weighted by Crippen LogP contribution is 2.46. The third kappa shape index (κ3) is 2.96. The number of anilines is 3. The third-order valence-electron chi connectivity index (χ3n) is 3.89. The Morgan fingerprint density at radius 1 is 1.30 bits per heavy atom. The molecule has 23 heavy (non-hydrogen) atoms. The number of rotatable bonds is 4. The number of nitrogens with zero attached hydrogens (tertiary/aromatic N) is 3. The monoisotopic (exact) mass is 336 g/mol. The van der Waals surface area contributed by atoms with Crippen molar-refractivity contribution in [2.45, 2.75) is 19.3 Å². The summed E-state index contributed by atoms with van der Waals surface area (Å²) in [6.07, 6.45) is 0. The van der Waals surface area contributed by atoms with Crippen LogP contribution in [0.15, 0.2) is 24.3 Å². The van der Waals surface area contributed by atoms with Crippen molar-refractivity contribution < 1.29 is 9.50 Å². The zero-order chi connectivity index (χ0) is 16.6. The van der Waals surface area contributed by atoms with E-state index < -0.39 is 0 Å². The number of aromatic nitrogens is 2. The van der Waals surface area contributed by atoms with E-state index in [1.165, 1.54) is 12.1 Å². The van der Waals surface area contributed by atoms with Gasteiger partial charge >= 0.3 is 0 Å². The van der Waals surface area contributed by atoms with Crippen molar-refractivity contribution in [3.8, 4) is 0 Å². The number of fused-ring (bicyclic) bond motifs is 1. The molecule has 2 aromatic rings. The molecule has 2 heterocycles. The number of aliphatic hydroxyl groups is 1. The third-order valence-corrected chi connectivity index (χ3v) is 4.06. The van der Waals surface area contributed by atoms with Crippen LogP contribution >= 0.6 is 11.6 Å². The summed E-state index contributed by atoms with van der Waals surface area (Å²) in [6.45, 7) is 5.25. The van der Waals surface area contributed by atoms with Crippen molar-refractivity contribution in [3.63, 3.8) is 0 Å². The molecule has 122 valence electrons. The second kappa shape index (κ2) is 5.94. The van der Waals surface area contributed by atoms with Crippen LogP contribution in [0.5, 0.6) is 0 Å². The van der Waals surface area contributed by atoms with E-state index in [9.17, 15) is 4.39 Å². The lowest BCUT2D eigenvalue weighted by Crippen LogP contribution is -2.25. The van der Waals surface area contributed by atoms with Gasteiger partial charge in [-0.25, -0.2) is 9.37 Å². The number of hydrogen-bond donors (Lipinski definition) is 2. The molecular formula is C16H18ClFN4O. The first kappa shape index (κ1) is 16.0. The average molecular weight is 337 g/mol. The Hall–Kier alpha value is -1.92. The Morgan fingerprint density at radius 3 is 2.65 bits per heavy atom. The van der Waals surface area contributed by atoms with Gasteiger partial charge in [0.1, 0.15) is 17.5 Å². The number of benzene rings is 1. The van der Waals surface area contributed by atoms with E-state index in [2.05, 4.69) is 29.1 Å². The highest BCUT2D eigenvalue weighted by molar-refractivity contribution is 6.28. The van der Waals surface area contributed by atoms with Gasteiger partial charge in [-0.05, 0) is 35.9 Å². The summed E-state index contributed by atoms with van der Waals surface area (Å²) in [5.41, 5.74) is 1.58. The molecule has 2 N–H and O–H groups in total. The normalized spacial score (nSPS) is 15.6. The molecule has 0 aliphatic carbocycles. The van der Waals surface area contributed by atoms with E-state index in [1.54, 1.807) is 12.1 Å². The van der Waals surface area contributed by atoms with Crippen LogP contribution in [0.2, 0.25) is 5.28 Å². The Morgan fingerprint density at radius 2 is 2.00 bits per heavy atom. The summed E-state index contributed by atoms with van der Waals surface area (Å²) in [7, 11) is 0. The minimum Gasteiger partial charge on any atom is -0.395 e. The number of halogens is 2. The topological polar surface area (TPSA) is 61.3 Å². The molecule has 0 spiro atoms. The van der Waals surface area contributed by atoms with Gasteiger partial charge in [0.25, 0.3) is 0 Å². The summed E-state index contributed by atoms with van der Waals surface area (Å²) in [5, 5.41) is 12.3. The largest absolute Gasteiger partial charge is 0.395 e. The van der Waals surface area contributed by atoms with E-state index >= 15 is 0 Å². The van der Waals surface area contributed by atoms with Crippen molar-refractivity contribution in [1.82, 2.24) is 9.97 Å². The van der Waals surface area contributed by atoms with Gasteiger partial charge in [0.2, 0.25) is 5.28 Å². The number of hydrogen-bond acceptors (Lipinski definition) is 5. The molecule has 1 aliphatic rings. The van der Waals surface area contributed by atoms with Crippen molar-refractivity contribution in [1.29, 1.82) is 0 Å². The molecule has 0 atom stereocenters. The molecule has 5 nitrogen and oxygen atoms in total. The zero-order valence-electron chi connectivity index (χ0n) is 13.0. The van der Waals surface area contributed by atoms with Crippen LogP contribution in [-0.2, 0) is 5.41 Å². The van der Waals surface area contributed by atoms with E-state index in [-0.39, 0.29) is 23.1 Å². The predicted molar refractivity (Wildman–Crippen MR) is 89.0 cm³/mol. The summed E-state index contributed by atoms with van der Waals surface area (Å²) >= 11 is 6.07. The van der Waals surface area contributed by atoms with Crippen molar-refractivity contribution >= 4 is 28.9 Å². The molecule has 0 unspecified atom stereocenters. The summed E-state index contributed by atoms with van der Waals surface area (Å²) in [6, 6.07) is 6.29. The maximum absolute atomic E-state index is 13.2. The van der Waals surface area contributed by atoms with Gasteiger partial charge < -0.3 is 15.3 Å². The summed E-state index contributed by atoms with van der Waals surface area (Å²) in [5.74, 6) is 1.06. The molecule has 0 radical (unpaired) electrons. The maximum Gasteiger partial charge on any atom is 0.226 e. The van der Waals surface area contributed by atoms with Gasteiger partial charge in [-0.3, -0.25) is 0 Å². The molecule has 1 aromatic carbocycles. The van der Waals surface area contributed by atoms with Crippen LogP contribution in [0, 0.1) is 5.82 Å². The smallest absolute Gasteiger partial charge is 0.226 e. The van der Waals surface area contributed by atoms with Crippen LogP contribution < -0.4 is 10.2 Å². The van der Waals surface area contributed by atoms with E-state index in [0.29, 0.717) is 24.7 Å². The summed E-state index contributed by atoms with van der Waals surface area (Å²) in [4.78, 5) is 10.7. The van der Waals surface area contributed by atoms with Crippen molar-refractivity contribution in [2.24, 2.45) is 0 Å². The number of aliphatic hydroxyl groups excluding tert-OH is 1. The Kier molecular flexibility index (Phi) is 4.12. The molecule has 3 rings (SSSR count). The highest BCUT2D eigenvalue weighted by Gasteiger charge is 2.40. The van der Waals surface area contributed by atoms with Crippen LogP contribution in [0.3, 0.4) is 0 Å². The molecule has 1 aliphatic heterocycles. The lowest BCUT2D eigenvalue weighted by Gasteiger charge is -2.22. The molecule has 1 aromatic heterocycles. The Balaban J connectivity index is 2.10. The summed E-state index contributed by atoms with van der Waals surface area (Å²) < 4.78 is 13.2. The van der Waals surface area contributed by atoms with E-state index in [4.69, 9.17) is 16.7 Å². The van der Waals surface area contributed by atoms with Gasteiger partial charge in [0, 0.05) is 29.8 Å². The first-order valence-corrected chi connectivity index (χ1v) is 7.76. The van der Waals surface area contributed by atoms with Crippen LogP contribution in [-0.4, -0.2) is 34.8 Å². The Labute approximate surface area is 139 Å². The van der Waals surface area contributed by atoms with Gasteiger partial charge in [-0.1, -0.05) is 13.8 Å². The first-order chi connectivity index (χ1) is 10.9. The van der Waals surface area contributed by atoms with Crippen LogP contribution in [0.4, 0.5) is 21.7 Å². The first-order valence-electron chi connectivity index (χ1n) is 7.38. The molecule has 0 saturated carbocycles. The SMILES string of the molecule is CC1(C)CN(c2ccc(F)cc2)c2nc(Cl)nc(NCCO)c21. The lowest BCUT2D eigenvalue weighted by atomic mass is 9.88. The minimum absolute atomic E-state index is 0.00149. The van der Waals surface area contributed by atoms with Crippen molar-refractivity contribution in [3.05, 3.63) is 40.9 Å². The second-order valence-electron chi connectivity index (χ2n) is 6.14. The molecule has 7 heteroatoms. The van der Waals surface area contributed by atoms with Crippen LogP contribution in [0.25, 0.3) is 0 Å². The minimum atomic E-state index is -0.279. The second-order valence-corrected chi connectivity index (χ2v) is 6.47. The fourth-order valence-corrected chi connectivity index (χ4v) is 3.09. The number of nitrogens with one attached hydrogen (secondary N) is 1. The van der Waals surface area contributed by atoms with Crippen LogP contribution in [0.1, 0.15) is 19.4 Å².